The zero-order valence-corrected chi connectivity index (χ0v) is 22.7. The first-order valence-electron chi connectivity index (χ1n) is 13.5. The molecule has 0 bridgehead atoms. The molecule has 0 radical (unpaired) electrons. The topological polar surface area (TPSA) is 143 Å². The Morgan fingerprint density at radius 2 is 1.67 bits per heavy atom. The van der Waals surface area contributed by atoms with Crippen LogP contribution in [-0.4, -0.2) is 64.7 Å². The van der Waals surface area contributed by atoms with Crippen LogP contribution in [0.25, 0.3) is 0 Å². The summed E-state index contributed by atoms with van der Waals surface area (Å²) in [5.74, 6) is -0.0924. The molecule has 0 aliphatic heterocycles. The van der Waals surface area contributed by atoms with Gasteiger partial charge in [0.05, 0.1) is 19.8 Å². The van der Waals surface area contributed by atoms with E-state index in [0.717, 1.165) is 31.2 Å². The number of Topliss-reactive ketones (excluding diaryl/α,β-unsaturated/α-hetero) is 1. The molecule has 214 valence electrons. The van der Waals surface area contributed by atoms with E-state index >= 15 is 0 Å². The van der Waals surface area contributed by atoms with Gasteiger partial charge in [0.1, 0.15) is 18.5 Å². The minimum absolute atomic E-state index is 0.000786. The molecule has 1 aliphatic rings. The van der Waals surface area contributed by atoms with Gasteiger partial charge in [-0.05, 0) is 60.1 Å². The molecule has 0 spiro atoms. The first kappa shape index (κ1) is 30.2. The van der Waals surface area contributed by atoms with Crippen molar-refractivity contribution in [3.05, 3.63) is 47.5 Å². The number of aliphatic hydroxyl groups is 2. The van der Waals surface area contributed by atoms with E-state index in [2.05, 4.69) is 0 Å². The van der Waals surface area contributed by atoms with E-state index in [-0.39, 0.29) is 61.4 Å². The molecule has 9 nitrogen and oxygen atoms in total. The maximum absolute atomic E-state index is 13.4. The molecule has 2 aromatic carbocycles. The summed E-state index contributed by atoms with van der Waals surface area (Å²) < 4.78 is 16.0. The fourth-order valence-electron chi connectivity index (χ4n) is 5.37. The number of hydrogen-bond acceptors (Lipinski definition) is 9. The number of methoxy groups -OCH3 is 1. The fourth-order valence-corrected chi connectivity index (χ4v) is 5.37. The van der Waals surface area contributed by atoms with Gasteiger partial charge in [0, 0.05) is 26.2 Å². The molecule has 3 atom stereocenters. The van der Waals surface area contributed by atoms with Crippen LogP contribution >= 0.6 is 0 Å². The summed E-state index contributed by atoms with van der Waals surface area (Å²) in [7, 11) is 1.49. The smallest absolute Gasteiger partial charge is 0.303 e. The number of aromatic hydroxyl groups is 2. The molecule has 0 saturated heterocycles. The number of phenols is 2. The van der Waals surface area contributed by atoms with Crippen molar-refractivity contribution in [1.29, 1.82) is 0 Å². The number of rotatable bonds is 14. The normalized spacial score (nSPS) is 16.2. The van der Waals surface area contributed by atoms with Crippen LogP contribution in [0.5, 0.6) is 23.0 Å². The van der Waals surface area contributed by atoms with Gasteiger partial charge in [0.25, 0.3) is 0 Å². The zero-order chi connectivity index (χ0) is 28.4. The Balaban J connectivity index is 1.76. The van der Waals surface area contributed by atoms with E-state index < -0.39 is 18.2 Å². The van der Waals surface area contributed by atoms with Gasteiger partial charge < -0.3 is 34.6 Å². The molecule has 3 rings (SSSR count). The number of carbonyl (C=O) groups is 2. The molecule has 1 saturated carbocycles. The number of aliphatic hydroxyl groups excluding tert-OH is 2. The van der Waals surface area contributed by atoms with Crippen molar-refractivity contribution in [2.45, 2.75) is 76.4 Å². The predicted molar refractivity (Wildman–Crippen MR) is 144 cm³/mol. The molecule has 39 heavy (non-hydrogen) atoms. The second kappa shape index (κ2) is 14.7. The van der Waals surface area contributed by atoms with Crippen LogP contribution in [0.2, 0.25) is 0 Å². The molecular weight excluding hydrogens is 504 g/mol. The van der Waals surface area contributed by atoms with E-state index in [1.807, 2.05) is 6.07 Å². The Hall–Kier alpha value is -3.30. The standard InChI is InChI=1S/C30H40O9/c1-19(32)39-30(27(36)14-20-8-10-26(35)29(15-20)38-13-12-31)18-23(33)17-24(21-6-4-3-5-7-21)22-9-11-25(34)28(16-22)37-2/h8-11,15-16,21,24,27,30-31,34-36H,3-7,12-14,17-18H2,1-2H3. The Morgan fingerprint density at radius 3 is 2.33 bits per heavy atom. The molecule has 1 fully saturated rings. The van der Waals surface area contributed by atoms with Crippen LogP contribution in [0.1, 0.15) is 68.9 Å². The molecule has 0 heterocycles. The fraction of sp³-hybridized carbons (Fsp3) is 0.533. The highest BCUT2D eigenvalue weighted by atomic mass is 16.6. The van der Waals surface area contributed by atoms with Crippen LogP contribution in [0.15, 0.2) is 36.4 Å². The molecule has 2 aromatic rings. The summed E-state index contributed by atoms with van der Waals surface area (Å²) in [5, 5.41) is 40.0. The molecule has 3 unspecified atom stereocenters. The number of ether oxygens (including phenoxy) is 3. The van der Waals surface area contributed by atoms with Gasteiger partial charge in [-0.2, -0.15) is 0 Å². The summed E-state index contributed by atoms with van der Waals surface area (Å²) in [5.41, 5.74) is 1.52. The second-order valence-corrected chi connectivity index (χ2v) is 10.2. The van der Waals surface area contributed by atoms with E-state index in [1.165, 1.54) is 32.6 Å². The highest BCUT2D eigenvalue weighted by Gasteiger charge is 2.31. The van der Waals surface area contributed by atoms with Crippen molar-refractivity contribution in [2.75, 3.05) is 20.3 Å². The number of carbonyl (C=O) groups excluding carboxylic acids is 2. The van der Waals surface area contributed by atoms with Crippen LogP contribution in [-0.2, 0) is 20.7 Å². The molecule has 0 aromatic heterocycles. The summed E-state index contributed by atoms with van der Waals surface area (Å²) in [6.07, 6.45) is 3.25. The van der Waals surface area contributed by atoms with E-state index in [4.69, 9.17) is 19.3 Å². The molecule has 4 N–H and O–H groups in total. The van der Waals surface area contributed by atoms with Gasteiger partial charge in [-0.1, -0.05) is 31.4 Å². The number of phenolic OH excluding ortho intramolecular Hbond substituents is 2. The van der Waals surface area contributed by atoms with Gasteiger partial charge in [-0.3, -0.25) is 9.59 Å². The third kappa shape index (κ3) is 8.86. The van der Waals surface area contributed by atoms with Gasteiger partial charge >= 0.3 is 5.97 Å². The lowest BCUT2D eigenvalue weighted by Crippen LogP contribution is -2.35. The van der Waals surface area contributed by atoms with Gasteiger partial charge in [0.15, 0.2) is 23.0 Å². The third-order valence-corrected chi connectivity index (χ3v) is 7.29. The predicted octanol–water partition coefficient (Wildman–Crippen LogP) is 4.03. The van der Waals surface area contributed by atoms with Gasteiger partial charge in [-0.15, -0.1) is 0 Å². The van der Waals surface area contributed by atoms with Crippen molar-refractivity contribution in [3.63, 3.8) is 0 Å². The highest BCUT2D eigenvalue weighted by Crippen LogP contribution is 2.41. The SMILES string of the molecule is COc1cc(C(CC(=O)CC(OC(C)=O)C(O)Cc2ccc(O)c(OCCO)c2)C2CCCCC2)ccc1O. The monoisotopic (exact) mass is 544 g/mol. The maximum Gasteiger partial charge on any atom is 0.303 e. The number of ketones is 1. The summed E-state index contributed by atoms with van der Waals surface area (Å²) in [6.45, 7) is 1.01. The lowest BCUT2D eigenvalue weighted by atomic mass is 9.74. The quantitative estimate of drug-likeness (QED) is 0.259. The summed E-state index contributed by atoms with van der Waals surface area (Å²) in [6, 6.07) is 9.75. The Labute approximate surface area is 229 Å². The van der Waals surface area contributed by atoms with Crippen molar-refractivity contribution in [2.24, 2.45) is 5.92 Å². The number of benzene rings is 2. The third-order valence-electron chi connectivity index (χ3n) is 7.29. The largest absolute Gasteiger partial charge is 0.504 e. The molecule has 0 amide bonds. The first-order valence-corrected chi connectivity index (χ1v) is 13.5. The lowest BCUT2D eigenvalue weighted by molar-refractivity contribution is -0.154. The average Bonchev–Trinajstić information content (AvgIpc) is 2.92. The van der Waals surface area contributed by atoms with Gasteiger partial charge in [-0.25, -0.2) is 0 Å². The molecule has 9 heteroatoms. The Bertz CT molecular complexity index is 1090. The van der Waals surface area contributed by atoms with Crippen molar-refractivity contribution >= 4 is 11.8 Å². The van der Waals surface area contributed by atoms with Crippen molar-refractivity contribution in [1.82, 2.24) is 0 Å². The van der Waals surface area contributed by atoms with Crippen LogP contribution < -0.4 is 9.47 Å². The van der Waals surface area contributed by atoms with Gasteiger partial charge in [0.2, 0.25) is 0 Å². The van der Waals surface area contributed by atoms with Crippen molar-refractivity contribution in [3.8, 4) is 23.0 Å². The lowest BCUT2D eigenvalue weighted by Gasteiger charge is -2.31. The number of hydrogen-bond donors (Lipinski definition) is 4. The summed E-state index contributed by atoms with van der Waals surface area (Å²) in [4.78, 5) is 25.2. The maximum atomic E-state index is 13.4. The van der Waals surface area contributed by atoms with E-state index in [1.54, 1.807) is 18.2 Å². The molecule has 1 aliphatic carbocycles. The molecular formula is C30H40O9. The van der Waals surface area contributed by atoms with Crippen LogP contribution in [0, 0.1) is 5.92 Å². The first-order chi connectivity index (χ1) is 18.7. The summed E-state index contributed by atoms with van der Waals surface area (Å²) >= 11 is 0. The second-order valence-electron chi connectivity index (χ2n) is 10.2. The zero-order valence-electron chi connectivity index (χ0n) is 22.7. The van der Waals surface area contributed by atoms with E-state index in [9.17, 15) is 24.9 Å². The van der Waals surface area contributed by atoms with Crippen LogP contribution in [0.3, 0.4) is 0 Å². The minimum atomic E-state index is -1.17. The number of esters is 1. The van der Waals surface area contributed by atoms with E-state index in [0.29, 0.717) is 17.2 Å². The van der Waals surface area contributed by atoms with Crippen LogP contribution in [0.4, 0.5) is 0 Å². The minimum Gasteiger partial charge on any atom is -0.504 e. The Morgan fingerprint density at radius 1 is 0.974 bits per heavy atom. The average molecular weight is 545 g/mol. The van der Waals surface area contributed by atoms with Crippen molar-refractivity contribution < 1.29 is 44.2 Å². The Kier molecular flexibility index (Phi) is 11.4. The highest BCUT2D eigenvalue weighted by molar-refractivity contribution is 5.80.